The molecule has 8 heteroatoms. The molecule has 2 rings (SSSR count). The summed E-state index contributed by atoms with van der Waals surface area (Å²) in [5, 5.41) is 9.14. The fourth-order valence-electron chi connectivity index (χ4n) is 1.11. The number of alkyl halides is 2. The number of rotatable bonds is 3. The molecule has 2 heterocycles. The lowest BCUT2D eigenvalue weighted by Crippen LogP contribution is -2.19. The number of anilines is 1. The Morgan fingerprint density at radius 1 is 1.47 bits per heavy atom. The van der Waals surface area contributed by atoms with Crippen LogP contribution in [-0.2, 0) is 4.79 Å². The lowest BCUT2D eigenvalue weighted by molar-refractivity contribution is -0.118. The Morgan fingerprint density at radius 2 is 2.29 bits per heavy atom. The van der Waals surface area contributed by atoms with Crippen molar-refractivity contribution in [1.82, 2.24) is 15.3 Å². The van der Waals surface area contributed by atoms with E-state index in [9.17, 15) is 9.18 Å². The minimum atomic E-state index is -2.16. The number of nitrogens with zero attached hydrogens (tertiary/aromatic N) is 3. The first-order valence-corrected chi connectivity index (χ1v) is 4.95. The number of nitrogens with one attached hydrogen (secondary N) is 1. The van der Waals surface area contributed by atoms with Gasteiger partial charge in [0.05, 0.1) is 5.69 Å². The predicted octanol–water partition coefficient (Wildman–Crippen LogP) is 1.60. The van der Waals surface area contributed by atoms with Crippen molar-refractivity contribution in [2.75, 3.05) is 5.32 Å². The topological polar surface area (TPSA) is 80.9 Å². The molecule has 17 heavy (non-hydrogen) atoms. The quantitative estimate of drug-likeness (QED) is 0.844. The molecule has 0 fully saturated rings. The smallest absolute Gasteiger partial charge is 0.275 e. The number of halogens is 2. The van der Waals surface area contributed by atoms with Crippen molar-refractivity contribution in [2.45, 2.75) is 5.63 Å². The average molecular weight is 257 g/mol. The molecule has 0 radical (unpaired) electrons. The largest absolute Gasteiger partial charge is 0.302 e. The second kappa shape index (κ2) is 4.88. The van der Waals surface area contributed by atoms with Crippen molar-refractivity contribution in [3.05, 3.63) is 24.4 Å². The molecule has 1 amide bonds. The molecule has 0 aromatic carbocycles. The minimum Gasteiger partial charge on any atom is -0.302 e. The molecule has 0 aliphatic rings. The highest BCUT2D eigenvalue weighted by molar-refractivity contribution is 6.31. The van der Waals surface area contributed by atoms with Crippen LogP contribution in [0.3, 0.4) is 0 Å². The van der Waals surface area contributed by atoms with Crippen LogP contribution in [0.1, 0.15) is 0 Å². The van der Waals surface area contributed by atoms with E-state index in [1.165, 1.54) is 6.20 Å². The summed E-state index contributed by atoms with van der Waals surface area (Å²) in [7, 11) is 0. The van der Waals surface area contributed by atoms with Gasteiger partial charge in [-0.2, -0.15) is 0 Å². The van der Waals surface area contributed by atoms with E-state index >= 15 is 0 Å². The summed E-state index contributed by atoms with van der Waals surface area (Å²) < 4.78 is 16.9. The number of hydrogen-bond donors (Lipinski definition) is 1. The third kappa shape index (κ3) is 2.56. The fraction of sp³-hybridized carbons (Fsp3) is 0.111. The van der Waals surface area contributed by atoms with E-state index in [0.717, 1.165) is 0 Å². The molecule has 0 saturated heterocycles. The van der Waals surface area contributed by atoms with Crippen molar-refractivity contribution in [2.24, 2.45) is 0 Å². The monoisotopic (exact) mass is 256 g/mol. The Bertz CT molecular complexity index is 517. The number of amides is 1. The van der Waals surface area contributed by atoms with Gasteiger partial charge in [0.2, 0.25) is 5.82 Å². The molecule has 1 unspecified atom stereocenters. The molecule has 0 bridgehead atoms. The Kier molecular flexibility index (Phi) is 3.29. The van der Waals surface area contributed by atoms with E-state index in [1.54, 1.807) is 18.2 Å². The fourth-order valence-corrected chi connectivity index (χ4v) is 1.17. The molecule has 6 nitrogen and oxygen atoms in total. The maximum atomic E-state index is 12.5. The van der Waals surface area contributed by atoms with Crippen LogP contribution in [0.4, 0.5) is 10.2 Å². The highest BCUT2D eigenvalue weighted by Crippen LogP contribution is 2.22. The second-order valence-corrected chi connectivity index (χ2v) is 3.35. The van der Waals surface area contributed by atoms with Crippen LogP contribution >= 0.6 is 11.6 Å². The summed E-state index contributed by atoms with van der Waals surface area (Å²) >= 11 is 4.97. The number of hydrogen-bond acceptors (Lipinski definition) is 5. The molecule has 0 aliphatic heterocycles. The molecule has 0 spiro atoms. The van der Waals surface area contributed by atoms with Crippen LogP contribution in [0.15, 0.2) is 29.0 Å². The van der Waals surface area contributed by atoms with Gasteiger partial charge in [-0.15, -0.1) is 0 Å². The third-order valence-electron chi connectivity index (χ3n) is 1.84. The van der Waals surface area contributed by atoms with E-state index in [-0.39, 0.29) is 11.5 Å². The summed E-state index contributed by atoms with van der Waals surface area (Å²) in [5.41, 5.74) is -1.52. The zero-order valence-corrected chi connectivity index (χ0v) is 9.06. The summed E-state index contributed by atoms with van der Waals surface area (Å²) in [6, 6.07) is 5.08. The van der Waals surface area contributed by atoms with Crippen molar-refractivity contribution in [3.63, 3.8) is 0 Å². The van der Waals surface area contributed by atoms with E-state index < -0.39 is 11.5 Å². The van der Waals surface area contributed by atoms with Gasteiger partial charge in [0, 0.05) is 6.20 Å². The van der Waals surface area contributed by atoms with E-state index in [1.807, 2.05) is 0 Å². The summed E-state index contributed by atoms with van der Waals surface area (Å²) in [6.45, 7) is 0. The van der Waals surface area contributed by atoms with Crippen LogP contribution in [0.2, 0.25) is 0 Å². The number of carbonyl (C=O) groups excluding carboxylic acids is 1. The highest BCUT2D eigenvalue weighted by Gasteiger charge is 2.19. The van der Waals surface area contributed by atoms with Gasteiger partial charge in [0.25, 0.3) is 11.5 Å². The minimum absolute atomic E-state index is 0.0306. The van der Waals surface area contributed by atoms with E-state index in [4.69, 9.17) is 11.6 Å². The van der Waals surface area contributed by atoms with E-state index in [0.29, 0.717) is 5.69 Å². The molecular formula is C9H6ClFN4O2. The van der Waals surface area contributed by atoms with Crippen LogP contribution in [-0.4, -0.2) is 26.8 Å². The van der Waals surface area contributed by atoms with E-state index in [2.05, 4.69) is 25.2 Å². The van der Waals surface area contributed by atoms with Crippen molar-refractivity contribution >= 4 is 23.3 Å². The lowest BCUT2D eigenvalue weighted by atomic mass is 10.3. The van der Waals surface area contributed by atoms with Gasteiger partial charge >= 0.3 is 0 Å². The van der Waals surface area contributed by atoms with Gasteiger partial charge in [-0.05, 0) is 22.4 Å². The maximum absolute atomic E-state index is 12.5. The van der Waals surface area contributed by atoms with Crippen LogP contribution < -0.4 is 5.32 Å². The summed E-state index contributed by atoms with van der Waals surface area (Å²) in [4.78, 5) is 15.0. The van der Waals surface area contributed by atoms with Crippen LogP contribution in [0, 0.1) is 0 Å². The Hall–Kier alpha value is -2.02. The molecule has 1 atom stereocenters. The SMILES string of the molecule is O=C(Nc1nonc1-c1ccccn1)C(F)Cl. The number of aromatic nitrogens is 3. The predicted molar refractivity (Wildman–Crippen MR) is 56.9 cm³/mol. The lowest BCUT2D eigenvalue weighted by Gasteiger charge is -2.01. The highest BCUT2D eigenvalue weighted by atomic mass is 35.5. The van der Waals surface area contributed by atoms with Gasteiger partial charge in [-0.1, -0.05) is 17.7 Å². The standard InChI is InChI=1S/C9H6ClFN4O2/c10-7(11)9(16)13-8-6(14-17-15-8)5-3-1-2-4-12-5/h1-4,7H,(H,13,15,16). The summed E-state index contributed by atoms with van der Waals surface area (Å²) in [5.74, 6) is -1.07. The zero-order valence-electron chi connectivity index (χ0n) is 8.30. The van der Waals surface area contributed by atoms with Crippen molar-refractivity contribution in [1.29, 1.82) is 0 Å². The first-order valence-electron chi connectivity index (χ1n) is 4.51. The molecule has 0 aliphatic carbocycles. The number of carbonyl (C=O) groups is 1. The van der Waals surface area contributed by atoms with Crippen molar-refractivity contribution < 1.29 is 13.8 Å². The summed E-state index contributed by atoms with van der Waals surface area (Å²) in [6.07, 6.45) is 1.54. The van der Waals surface area contributed by atoms with Crippen LogP contribution in [0.5, 0.6) is 0 Å². The van der Waals surface area contributed by atoms with Gasteiger partial charge in [-0.25, -0.2) is 9.02 Å². The molecule has 1 N–H and O–H groups in total. The average Bonchev–Trinajstić information content (AvgIpc) is 2.78. The normalized spacial score (nSPS) is 12.1. The first-order chi connectivity index (χ1) is 8.18. The number of pyridine rings is 1. The van der Waals surface area contributed by atoms with Gasteiger partial charge in [-0.3, -0.25) is 9.78 Å². The molecule has 2 aromatic heterocycles. The third-order valence-corrected chi connectivity index (χ3v) is 2.03. The Labute approximate surface area is 99.8 Å². The molecule has 0 saturated carbocycles. The molecule has 2 aromatic rings. The Morgan fingerprint density at radius 3 is 2.94 bits per heavy atom. The zero-order chi connectivity index (χ0) is 12.3. The molecular weight excluding hydrogens is 251 g/mol. The molecule has 88 valence electrons. The van der Waals surface area contributed by atoms with Crippen molar-refractivity contribution in [3.8, 4) is 11.4 Å². The Balaban J connectivity index is 2.27. The van der Waals surface area contributed by atoms with Gasteiger partial charge in [0.15, 0.2) is 5.69 Å². The van der Waals surface area contributed by atoms with Gasteiger partial charge in [0.1, 0.15) is 0 Å². The van der Waals surface area contributed by atoms with Crippen LogP contribution in [0.25, 0.3) is 11.4 Å². The first kappa shape index (κ1) is 11.5. The second-order valence-electron chi connectivity index (χ2n) is 2.97. The maximum Gasteiger partial charge on any atom is 0.275 e. The van der Waals surface area contributed by atoms with Gasteiger partial charge < -0.3 is 5.32 Å².